The van der Waals surface area contributed by atoms with Gasteiger partial charge in [-0.1, -0.05) is 6.07 Å². The molecule has 1 fully saturated rings. The number of aromatic nitrogens is 3. The van der Waals surface area contributed by atoms with Gasteiger partial charge in [-0.2, -0.15) is 13.2 Å². The fourth-order valence-corrected chi connectivity index (χ4v) is 3.70. The van der Waals surface area contributed by atoms with E-state index in [4.69, 9.17) is 4.74 Å². The predicted octanol–water partition coefficient (Wildman–Crippen LogP) is -0.133. The molecule has 0 saturated carbocycles. The quantitative estimate of drug-likeness (QED) is 0.406. The normalized spacial score (nSPS) is 25.2. The first-order chi connectivity index (χ1) is 15.7. The Kier molecular flexibility index (Phi) is 6.74. The molecule has 1 amide bonds. The predicted molar refractivity (Wildman–Crippen MR) is 108 cm³/mol. The summed E-state index contributed by atoms with van der Waals surface area (Å²) in [6.07, 6.45) is -6.00. The van der Waals surface area contributed by atoms with E-state index in [0.717, 1.165) is 30.4 Å². The van der Waals surface area contributed by atoms with E-state index in [1.54, 1.807) is 6.07 Å². The van der Waals surface area contributed by atoms with Crippen LogP contribution in [0.15, 0.2) is 24.5 Å². The third-order valence-corrected chi connectivity index (χ3v) is 5.51. The van der Waals surface area contributed by atoms with Gasteiger partial charge in [0.1, 0.15) is 29.8 Å². The molecule has 13 heteroatoms. The summed E-state index contributed by atoms with van der Waals surface area (Å²) < 4.78 is 44.0. The molecule has 1 saturated heterocycles. The van der Waals surface area contributed by atoms with E-state index in [9.17, 15) is 28.2 Å². The van der Waals surface area contributed by atoms with Crippen LogP contribution in [0.2, 0.25) is 0 Å². The largest absolute Gasteiger partial charge is 0.434 e. The summed E-state index contributed by atoms with van der Waals surface area (Å²) in [6, 6.07) is 2.52. The molecule has 4 rings (SSSR count). The zero-order valence-corrected chi connectivity index (χ0v) is 17.3. The maximum absolute atomic E-state index is 12.8. The van der Waals surface area contributed by atoms with Gasteiger partial charge in [-0.25, -0.2) is 9.97 Å². The molecule has 10 nitrogen and oxygen atoms in total. The Labute approximate surface area is 186 Å². The monoisotopic (exact) mass is 468 g/mol. The molecule has 2 aromatic heterocycles. The van der Waals surface area contributed by atoms with Crippen molar-refractivity contribution in [3.05, 3.63) is 47.2 Å². The van der Waals surface area contributed by atoms with Crippen molar-refractivity contribution in [1.82, 2.24) is 25.6 Å². The number of fused-ring (bicyclic) bond motifs is 1. The molecule has 0 aliphatic carbocycles. The minimum Gasteiger partial charge on any atom is -0.388 e. The van der Waals surface area contributed by atoms with Gasteiger partial charge in [-0.3, -0.25) is 9.78 Å². The molecule has 2 aliphatic rings. The first kappa shape index (κ1) is 23.3. The number of ether oxygens (including phenoxy) is 1. The van der Waals surface area contributed by atoms with Crippen LogP contribution in [0.1, 0.15) is 27.4 Å². The molecule has 0 spiro atoms. The molecule has 4 heterocycles. The van der Waals surface area contributed by atoms with Crippen molar-refractivity contribution < 1.29 is 32.9 Å². The van der Waals surface area contributed by atoms with E-state index >= 15 is 0 Å². The second-order valence-electron chi connectivity index (χ2n) is 7.83. The van der Waals surface area contributed by atoms with Crippen molar-refractivity contribution in [3.8, 4) is 0 Å². The molecular formula is C20H23F3N6O4. The van der Waals surface area contributed by atoms with Crippen molar-refractivity contribution in [2.45, 2.75) is 43.5 Å². The Balaban J connectivity index is 1.32. The van der Waals surface area contributed by atoms with Crippen molar-refractivity contribution in [2.75, 3.05) is 25.0 Å². The van der Waals surface area contributed by atoms with Crippen molar-refractivity contribution in [3.63, 3.8) is 0 Å². The smallest absolute Gasteiger partial charge is 0.388 e. The highest BCUT2D eigenvalue weighted by atomic mass is 19.4. The van der Waals surface area contributed by atoms with Gasteiger partial charge in [0.15, 0.2) is 5.69 Å². The highest BCUT2D eigenvalue weighted by Gasteiger charge is 2.39. The van der Waals surface area contributed by atoms with Crippen LogP contribution in [-0.2, 0) is 23.9 Å². The van der Waals surface area contributed by atoms with Crippen LogP contribution < -0.4 is 16.0 Å². The molecule has 0 bridgehead atoms. The minimum atomic E-state index is -4.67. The number of anilines is 1. The first-order valence-corrected chi connectivity index (χ1v) is 10.3. The Morgan fingerprint density at radius 2 is 2.03 bits per heavy atom. The number of rotatable bonds is 5. The lowest BCUT2D eigenvalue weighted by molar-refractivity contribution is -0.141. The summed E-state index contributed by atoms with van der Waals surface area (Å²) in [6.45, 7) is 1.26. The minimum absolute atomic E-state index is 0.0898. The van der Waals surface area contributed by atoms with Crippen LogP contribution in [0.25, 0.3) is 0 Å². The maximum atomic E-state index is 12.8. The molecule has 5 N–H and O–H groups in total. The van der Waals surface area contributed by atoms with E-state index in [2.05, 4.69) is 30.9 Å². The van der Waals surface area contributed by atoms with Gasteiger partial charge in [0.25, 0.3) is 5.91 Å². The maximum Gasteiger partial charge on any atom is 0.434 e. The highest BCUT2D eigenvalue weighted by molar-refractivity contribution is 5.92. The molecule has 2 aromatic rings. The van der Waals surface area contributed by atoms with Crippen LogP contribution >= 0.6 is 0 Å². The Bertz CT molecular complexity index is 1010. The number of carbonyl (C=O) groups is 1. The van der Waals surface area contributed by atoms with Crippen molar-refractivity contribution in [2.24, 2.45) is 0 Å². The summed E-state index contributed by atoms with van der Waals surface area (Å²) in [7, 11) is 0. The fraction of sp³-hybridized carbons (Fsp3) is 0.500. The number of hydrogen-bond acceptors (Lipinski definition) is 9. The van der Waals surface area contributed by atoms with Crippen LogP contribution in [0.5, 0.6) is 0 Å². The number of alkyl halides is 3. The molecule has 0 aromatic carbocycles. The topological polar surface area (TPSA) is 142 Å². The molecule has 178 valence electrons. The molecule has 33 heavy (non-hydrogen) atoms. The lowest BCUT2D eigenvalue weighted by atomic mass is 9.98. The van der Waals surface area contributed by atoms with E-state index < -0.39 is 42.1 Å². The lowest BCUT2D eigenvalue weighted by Crippen LogP contribution is -2.58. The summed E-state index contributed by atoms with van der Waals surface area (Å²) in [4.78, 5) is 23.8. The third-order valence-electron chi connectivity index (χ3n) is 5.51. The summed E-state index contributed by atoms with van der Waals surface area (Å²) in [5.74, 6) is -0.661. The van der Waals surface area contributed by atoms with E-state index in [-0.39, 0.29) is 24.7 Å². The zero-order valence-electron chi connectivity index (χ0n) is 17.3. The van der Waals surface area contributed by atoms with Gasteiger partial charge in [0, 0.05) is 31.7 Å². The van der Waals surface area contributed by atoms with Crippen LogP contribution in [0, 0.1) is 0 Å². The number of hydrogen-bond donors (Lipinski definition) is 5. The fourth-order valence-electron chi connectivity index (χ4n) is 3.70. The molecule has 0 unspecified atom stereocenters. The number of halogens is 3. The molecular weight excluding hydrogens is 445 g/mol. The average Bonchev–Trinajstić information content (AvgIpc) is 2.80. The van der Waals surface area contributed by atoms with Crippen molar-refractivity contribution >= 4 is 11.7 Å². The number of carbonyl (C=O) groups excluding carboxylic acids is 1. The van der Waals surface area contributed by atoms with E-state index in [1.165, 1.54) is 0 Å². The van der Waals surface area contributed by atoms with Gasteiger partial charge in [-0.15, -0.1) is 0 Å². The van der Waals surface area contributed by atoms with E-state index in [0.29, 0.717) is 12.7 Å². The van der Waals surface area contributed by atoms with Crippen molar-refractivity contribution in [1.29, 1.82) is 0 Å². The first-order valence-electron chi connectivity index (χ1n) is 10.3. The SMILES string of the molecule is O=C(NC[C@H]1OC[C@H](Nc2cncc(C(F)(F)F)n2)[C@@H](O)[C@H]1O)c1ccc2c(n1)CCNC2. The standard InChI is InChI=1S/C20H23F3N6O4/c21-20(22,23)15-7-25-8-16(29-15)28-13-9-33-14(18(31)17(13)30)6-26-19(32)12-2-1-10-5-24-4-3-11(10)27-12/h1-2,7-8,13-14,17-18,24,30-31H,3-6,9H2,(H,26,32)(H,28,29)/t13-,14+,17+,18-/m0/s1. The van der Waals surface area contributed by atoms with Crippen LogP contribution in [0.3, 0.4) is 0 Å². The Morgan fingerprint density at radius 1 is 1.21 bits per heavy atom. The van der Waals surface area contributed by atoms with Gasteiger partial charge in [0.05, 0.1) is 25.0 Å². The summed E-state index contributed by atoms with van der Waals surface area (Å²) in [5.41, 5.74) is 0.949. The van der Waals surface area contributed by atoms with Gasteiger partial charge in [0.2, 0.25) is 0 Å². The Morgan fingerprint density at radius 3 is 2.82 bits per heavy atom. The number of pyridine rings is 1. The average molecular weight is 468 g/mol. The molecule has 2 aliphatic heterocycles. The molecule has 0 radical (unpaired) electrons. The second kappa shape index (κ2) is 9.55. The van der Waals surface area contributed by atoms with Crippen LogP contribution in [-0.4, -0.2) is 75.1 Å². The van der Waals surface area contributed by atoms with E-state index in [1.807, 2.05) is 6.07 Å². The lowest BCUT2D eigenvalue weighted by Gasteiger charge is -2.38. The van der Waals surface area contributed by atoms with Crippen LogP contribution in [0.4, 0.5) is 19.0 Å². The highest BCUT2D eigenvalue weighted by Crippen LogP contribution is 2.28. The van der Waals surface area contributed by atoms with Gasteiger partial charge in [-0.05, 0) is 11.6 Å². The number of aliphatic hydroxyl groups excluding tert-OH is 2. The summed E-state index contributed by atoms with van der Waals surface area (Å²) in [5, 5.41) is 29.3. The number of nitrogens with zero attached hydrogens (tertiary/aromatic N) is 3. The summed E-state index contributed by atoms with van der Waals surface area (Å²) >= 11 is 0. The third kappa shape index (κ3) is 5.38. The Hall–Kier alpha value is -2.87. The zero-order chi connectivity index (χ0) is 23.6. The number of aliphatic hydroxyl groups is 2. The van der Waals surface area contributed by atoms with Gasteiger partial charge < -0.3 is 30.9 Å². The number of nitrogens with one attached hydrogen (secondary N) is 3. The second-order valence-corrected chi connectivity index (χ2v) is 7.83. The molecule has 4 atom stereocenters. The number of amides is 1. The van der Waals surface area contributed by atoms with Gasteiger partial charge >= 0.3 is 6.18 Å².